The molecule has 12 heteroatoms. The van der Waals surface area contributed by atoms with Crippen molar-refractivity contribution >= 4 is 23.5 Å². The lowest BCUT2D eigenvalue weighted by Gasteiger charge is -2.35. The maximum Gasteiger partial charge on any atom is 0.419 e. The van der Waals surface area contributed by atoms with E-state index in [1.165, 1.54) is 0 Å². The molecule has 2 saturated heterocycles. The fraction of sp³-hybridized carbons (Fsp3) is 0.613. The Morgan fingerprint density at radius 2 is 1.60 bits per heavy atom. The number of carbonyl (C=O) groups excluding carboxylic acids is 2. The normalized spacial score (nSPS) is 22.5. The van der Waals surface area contributed by atoms with Crippen molar-refractivity contribution in [2.45, 2.75) is 50.7 Å². The molecule has 0 unspecified atom stereocenters. The Hall–Kier alpha value is -3.25. The highest BCUT2D eigenvalue weighted by Gasteiger charge is 2.40. The molecule has 0 radical (unpaired) electrons. The number of benzene rings is 1. The number of anilines is 2. The average Bonchev–Trinajstić information content (AvgIpc) is 3.45. The molecule has 3 fully saturated rings. The molecule has 43 heavy (non-hydrogen) atoms. The third-order valence-corrected chi connectivity index (χ3v) is 9.36. The molecule has 3 aliphatic rings. The number of aromatic nitrogens is 2. The van der Waals surface area contributed by atoms with Crippen LogP contribution in [0, 0.1) is 11.8 Å². The van der Waals surface area contributed by atoms with Crippen LogP contribution < -0.4 is 5.32 Å². The first-order valence-corrected chi connectivity index (χ1v) is 15.2. The number of hydrogen-bond acceptors (Lipinski definition) is 7. The summed E-state index contributed by atoms with van der Waals surface area (Å²) >= 11 is 0. The average molecular weight is 602 g/mol. The largest absolute Gasteiger partial charge is 0.419 e. The van der Waals surface area contributed by atoms with Crippen LogP contribution in [0.4, 0.5) is 24.8 Å². The Bertz CT molecular complexity index is 1270. The quantitative estimate of drug-likeness (QED) is 0.511. The maximum atomic E-state index is 14.0. The molecule has 1 saturated carbocycles. The number of rotatable bonds is 7. The number of amides is 2. The third-order valence-electron chi connectivity index (χ3n) is 9.36. The molecule has 2 atom stereocenters. The number of likely N-dealkylation sites (N-methyl/N-ethyl adjacent to an activating group) is 1. The molecule has 2 aliphatic heterocycles. The fourth-order valence-corrected chi connectivity index (χ4v) is 6.56. The maximum absolute atomic E-state index is 14.0. The van der Waals surface area contributed by atoms with E-state index in [2.05, 4.69) is 32.1 Å². The highest BCUT2D eigenvalue weighted by atomic mass is 19.4. The number of likely N-dealkylation sites (tertiary alicyclic amines) is 1. The van der Waals surface area contributed by atoms with Gasteiger partial charge in [-0.1, -0.05) is 6.42 Å². The molecule has 2 aromatic rings. The minimum absolute atomic E-state index is 0.0467. The van der Waals surface area contributed by atoms with Gasteiger partial charge in [-0.15, -0.1) is 0 Å². The molecule has 1 aromatic heterocycles. The van der Waals surface area contributed by atoms with Gasteiger partial charge in [0.05, 0.1) is 11.3 Å². The highest BCUT2D eigenvalue weighted by Crippen LogP contribution is 2.39. The molecule has 234 valence electrons. The van der Waals surface area contributed by atoms with Crippen molar-refractivity contribution in [1.82, 2.24) is 29.6 Å². The number of piperidine rings is 1. The molecule has 5 rings (SSSR count). The van der Waals surface area contributed by atoms with Crippen LogP contribution in [0.1, 0.15) is 53.7 Å². The van der Waals surface area contributed by atoms with Gasteiger partial charge in [-0.3, -0.25) is 9.59 Å². The van der Waals surface area contributed by atoms with E-state index in [-0.39, 0.29) is 47.8 Å². The van der Waals surface area contributed by atoms with Crippen molar-refractivity contribution in [2.75, 3.05) is 65.7 Å². The van der Waals surface area contributed by atoms with Crippen LogP contribution in [0.2, 0.25) is 0 Å². The molecule has 2 amide bonds. The monoisotopic (exact) mass is 601 g/mol. The minimum atomic E-state index is -4.61. The van der Waals surface area contributed by atoms with Crippen molar-refractivity contribution in [3.63, 3.8) is 0 Å². The number of nitrogens with zero attached hydrogens (tertiary/aromatic N) is 6. The van der Waals surface area contributed by atoms with E-state index >= 15 is 0 Å². The lowest BCUT2D eigenvalue weighted by Crippen LogP contribution is -2.49. The summed E-state index contributed by atoms with van der Waals surface area (Å²) in [6.45, 7) is 4.79. The molecule has 1 aromatic carbocycles. The molecule has 0 spiro atoms. The van der Waals surface area contributed by atoms with Gasteiger partial charge < -0.3 is 24.9 Å². The third kappa shape index (κ3) is 7.46. The van der Waals surface area contributed by atoms with Crippen LogP contribution in [-0.4, -0.2) is 108 Å². The van der Waals surface area contributed by atoms with Crippen LogP contribution in [0.3, 0.4) is 0 Å². The van der Waals surface area contributed by atoms with Crippen LogP contribution >= 0.6 is 0 Å². The summed E-state index contributed by atoms with van der Waals surface area (Å²) in [5, 5.41) is 3.00. The topological polar surface area (TPSA) is 84.9 Å². The summed E-state index contributed by atoms with van der Waals surface area (Å²) < 4.78 is 42.0. The van der Waals surface area contributed by atoms with E-state index < -0.39 is 11.7 Å². The van der Waals surface area contributed by atoms with E-state index in [0.717, 1.165) is 51.6 Å². The number of hydrogen-bond donors (Lipinski definition) is 1. The second-order valence-electron chi connectivity index (χ2n) is 12.3. The summed E-state index contributed by atoms with van der Waals surface area (Å²) in [7, 11) is 5.92. The van der Waals surface area contributed by atoms with E-state index in [1.54, 1.807) is 29.2 Å². The van der Waals surface area contributed by atoms with Gasteiger partial charge in [-0.2, -0.15) is 13.2 Å². The van der Waals surface area contributed by atoms with Crippen LogP contribution in [-0.2, 0) is 17.4 Å². The van der Waals surface area contributed by atoms with Gasteiger partial charge in [0.15, 0.2) is 0 Å². The molecule has 0 bridgehead atoms. The first-order valence-electron chi connectivity index (χ1n) is 15.2. The van der Waals surface area contributed by atoms with Crippen LogP contribution in [0.25, 0.3) is 0 Å². The summed E-state index contributed by atoms with van der Waals surface area (Å²) in [6.07, 6.45) is 0.324. The minimum Gasteiger partial charge on any atom is -0.340 e. The van der Waals surface area contributed by atoms with Crippen molar-refractivity contribution in [2.24, 2.45) is 11.8 Å². The van der Waals surface area contributed by atoms with E-state index in [0.29, 0.717) is 37.2 Å². The van der Waals surface area contributed by atoms with E-state index in [1.807, 2.05) is 19.0 Å². The van der Waals surface area contributed by atoms with Crippen molar-refractivity contribution in [3.05, 3.63) is 47.3 Å². The molecular formula is C31H42F3N7O2. The highest BCUT2D eigenvalue weighted by molar-refractivity contribution is 5.94. The zero-order chi connectivity index (χ0) is 30.7. The Balaban J connectivity index is 1.27. The number of nitrogens with one attached hydrogen (secondary N) is 1. The van der Waals surface area contributed by atoms with Gasteiger partial charge in [-0.25, -0.2) is 9.97 Å². The zero-order valence-corrected chi connectivity index (χ0v) is 25.2. The second-order valence-corrected chi connectivity index (χ2v) is 12.3. The fourth-order valence-electron chi connectivity index (χ4n) is 6.56. The van der Waals surface area contributed by atoms with E-state index in [9.17, 15) is 22.8 Å². The predicted octanol–water partition coefficient (Wildman–Crippen LogP) is 4.14. The number of halogens is 3. The summed E-state index contributed by atoms with van der Waals surface area (Å²) in [4.78, 5) is 42.7. The summed E-state index contributed by atoms with van der Waals surface area (Å²) in [5.74, 6) is -0.471. The van der Waals surface area contributed by atoms with Gasteiger partial charge in [-0.05, 0) is 89.5 Å². The van der Waals surface area contributed by atoms with Gasteiger partial charge in [0.2, 0.25) is 11.9 Å². The lowest BCUT2D eigenvalue weighted by atomic mass is 9.89. The molecule has 3 heterocycles. The number of piperazine rings is 1. The predicted molar refractivity (Wildman–Crippen MR) is 158 cm³/mol. The van der Waals surface area contributed by atoms with E-state index in [4.69, 9.17) is 0 Å². The first-order chi connectivity index (χ1) is 20.5. The van der Waals surface area contributed by atoms with Crippen molar-refractivity contribution in [3.8, 4) is 0 Å². The standard InChI is InChI=1S/C31H42F3N7O2/c1-38-13-11-24(12-14-38)40(3)28(42)21-7-9-23(10-8-21)36-30-35-20-26(31(32,33)34)27(37-30)19-22-5-4-6-25(22)29(43)41-17-15-39(2)16-18-41/h7-10,20,22,24-25H,4-6,11-19H2,1-3H3,(H,35,36,37)/t22-,25-/m0/s1. The summed E-state index contributed by atoms with van der Waals surface area (Å²) in [5.41, 5.74) is 0.139. The SMILES string of the molecule is CN1CCC(N(C)C(=O)c2ccc(Nc3ncc(C(F)(F)F)c(C[C@@H]4CCC[C@@H]4C(=O)N4CCN(C)CC4)n3)cc2)CC1. The van der Waals surface area contributed by atoms with Crippen molar-refractivity contribution in [1.29, 1.82) is 0 Å². The number of alkyl halides is 3. The summed E-state index contributed by atoms with van der Waals surface area (Å²) in [6, 6.07) is 7.01. The Labute approximate surface area is 251 Å². The first kappa shape index (κ1) is 31.2. The lowest BCUT2D eigenvalue weighted by molar-refractivity contribution is -0.139. The Morgan fingerprint density at radius 1 is 0.953 bits per heavy atom. The van der Waals surface area contributed by atoms with Gasteiger partial charge in [0, 0.05) is 62.6 Å². The molecular weight excluding hydrogens is 559 g/mol. The van der Waals surface area contributed by atoms with Crippen LogP contribution in [0.15, 0.2) is 30.5 Å². The second kappa shape index (κ2) is 13.2. The molecule has 1 aliphatic carbocycles. The smallest absolute Gasteiger partial charge is 0.340 e. The van der Waals surface area contributed by atoms with Gasteiger partial charge >= 0.3 is 6.18 Å². The Kier molecular flexibility index (Phi) is 9.55. The Morgan fingerprint density at radius 3 is 2.26 bits per heavy atom. The van der Waals surface area contributed by atoms with Gasteiger partial charge in [0.1, 0.15) is 0 Å². The van der Waals surface area contributed by atoms with Crippen molar-refractivity contribution < 1.29 is 22.8 Å². The van der Waals surface area contributed by atoms with Gasteiger partial charge in [0.25, 0.3) is 5.91 Å². The van der Waals surface area contributed by atoms with Crippen LogP contribution in [0.5, 0.6) is 0 Å². The molecule has 1 N–H and O–H groups in total. The number of carbonyl (C=O) groups is 2. The molecule has 9 nitrogen and oxygen atoms in total. The zero-order valence-electron chi connectivity index (χ0n) is 25.2.